The minimum Gasteiger partial charge on any atom is -0.458 e. The predicted octanol–water partition coefficient (Wildman–Crippen LogP) is 1.00. The quantitative estimate of drug-likeness (QED) is 0.773. The average molecular weight is 274 g/mol. The fourth-order valence-corrected chi connectivity index (χ4v) is 2.57. The first-order chi connectivity index (χ1) is 8.72. The molecular weight excluding hydrogens is 252 g/mol. The summed E-state index contributed by atoms with van der Waals surface area (Å²) >= 11 is 0. The van der Waals surface area contributed by atoms with E-state index in [1.165, 1.54) is 20.8 Å². The summed E-state index contributed by atoms with van der Waals surface area (Å²) in [5.74, 6) is -1.25. The molecule has 6 nitrogen and oxygen atoms in total. The van der Waals surface area contributed by atoms with Crippen molar-refractivity contribution in [3.63, 3.8) is 0 Å². The Balaban J connectivity index is 3.08. The maximum absolute atomic E-state index is 11.2. The molecule has 1 rings (SSSR count). The number of esters is 2. The van der Waals surface area contributed by atoms with Gasteiger partial charge in [-0.15, -0.1) is 0 Å². The van der Waals surface area contributed by atoms with E-state index in [0.717, 1.165) is 0 Å². The third-order valence-corrected chi connectivity index (χ3v) is 3.48. The number of carbonyl (C=O) groups excluding carboxylic acids is 2. The van der Waals surface area contributed by atoms with Gasteiger partial charge < -0.3 is 19.3 Å². The van der Waals surface area contributed by atoms with Crippen LogP contribution in [-0.2, 0) is 23.8 Å². The van der Waals surface area contributed by atoms with Gasteiger partial charge in [0.25, 0.3) is 0 Å². The second kappa shape index (κ2) is 5.88. The summed E-state index contributed by atoms with van der Waals surface area (Å²) in [5.41, 5.74) is -1.40. The highest BCUT2D eigenvalue weighted by Crippen LogP contribution is 2.38. The molecule has 1 saturated heterocycles. The van der Waals surface area contributed by atoms with E-state index in [9.17, 15) is 14.7 Å². The van der Waals surface area contributed by atoms with Crippen molar-refractivity contribution in [3.8, 4) is 0 Å². The largest absolute Gasteiger partial charge is 0.458 e. The standard InChI is InChI=1S/C13H22O6/c1-6-10-7(2)11(17-8(3)14)13(5,12(16)18-10)19-9(4)15/h7,10-12,16H,6H2,1-5H3/t7-,10-,11+,12?,13+/m1/s1. The third-order valence-electron chi connectivity index (χ3n) is 3.48. The highest BCUT2D eigenvalue weighted by Gasteiger charge is 2.55. The lowest BCUT2D eigenvalue weighted by molar-refractivity contribution is -0.313. The molecule has 1 aliphatic rings. The van der Waals surface area contributed by atoms with Gasteiger partial charge in [-0.25, -0.2) is 0 Å². The number of ether oxygens (including phenoxy) is 3. The second-order valence-electron chi connectivity index (χ2n) is 5.10. The maximum Gasteiger partial charge on any atom is 0.303 e. The molecule has 0 saturated carbocycles. The lowest BCUT2D eigenvalue weighted by Gasteiger charge is -2.48. The molecule has 0 bridgehead atoms. The van der Waals surface area contributed by atoms with Crippen LogP contribution in [0, 0.1) is 5.92 Å². The number of hydrogen-bond acceptors (Lipinski definition) is 6. The van der Waals surface area contributed by atoms with E-state index in [1.807, 2.05) is 13.8 Å². The van der Waals surface area contributed by atoms with Crippen LogP contribution in [0.4, 0.5) is 0 Å². The van der Waals surface area contributed by atoms with E-state index < -0.39 is 29.9 Å². The Hall–Kier alpha value is -1.14. The van der Waals surface area contributed by atoms with Crippen molar-refractivity contribution in [2.24, 2.45) is 5.92 Å². The van der Waals surface area contributed by atoms with Crippen LogP contribution < -0.4 is 0 Å². The van der Waals surface area contributed by atoms with E-state index in [4.69, 9.17) is 14.2 Å². The second-order valence-corrected chi connectivity index (χ2v) is 5.10. The molecule has 5 atom stereocenters. The Bertz CT molecular complexity index is 355. The minimum absolute atomic E-state index is 0.193. The smallest absolute Gasteiger partial charge is 0.303 e. The van der Waals surface area contributed by atoms with Crippen LogP contribution in [0.25, 0.3) is 0 Å². The zero-order chi connectivity index (χ0) is 14.8. The van der Waals surface area contributed by atoms with Crippen LogP contribution in [0.3, 0.4) is 0 Å². The van der Waals surface area contributed by atoms with Crippen molar-refractivity contribution in [2.45, 2.75) is 65.1 Å². The molecule has 1 N–H and O–H groups in total. The summed E-state index contributed by atoms with van der Waals surface area (Å²) < 4.78 is 15.9. The van der Waals surface area contributed by atoms with Crippen LogP contribution in [0.1, 0.15) is 41.0 Å². The Morgan fingerprint density at radius 2 is 1.89 bits per heavy atom. The van der Waals surface area contributed by atoms with Crippen LogP contribution in [0.2, 0.25) is 0 Å². The van der Waals surface area contributed by atoms with Gasteiger partial charge in [-0.05, 0) is 13.3 Å². The zero-order valence-corrected chi connectivity index (χ0v) is 12.0. The van der Waals surface area contributed by atoms with Crippen molar-refractivity contribution in [1.29, 1.82) is 0 Å². The molecule has 1 heterocycles. The van der Waals surface area contributed by atoms with Crippen molar-refractivity contribution >= 4 is 11.9 Å². The van der Waals surface area contributed by atoms with Crippen LogP contribution in [-0.4, -0.2) is 41.1 Å². The first kappa shape index (κ1) is 15.9. The summed E-state index contributed by atoms with van der Waals surface area (Å²) in [6, 6.07) is 0. The van der Waals surface area contributed by atoms with E-state index in [2.05, 4.69) is 0 Å². The number of aliphatic hydroxyl groups excluding tert-OH is 1. The summed E-state index contributed by atoms with van der Waals surface area (Å²) in [6.07, 6.45) is -1.68. The van der Waals surface area contributed by atoms with Gasteiger partial charge in [-0.1, -0.05) is 13.8 Å². The normalized spacial score (nSPS) is 38.6. The molecule has 0 spiro atoms. The molecular formula is C13H22O6. The molecule has 0 aliphatic carbocycles. The minimum atomic E-state index is -1.40. The first-order valence-corrected chi connectivity index (χ1v) is 6.42. The highest BCUT2D eigenvalue weighted by molar-refractivity contribution is 5.68. The van der Waals surface area contributed by atoms with Gasteiger partial charge >= 0.3 is 11.9 Å². The molecule has 0 amide bonds. The van der Waals surface area contributed by atoms with Crippen molar-refractivity contribution in [2.75, 3.05) is 0 Å². The SMILES string of the molecule is CC[C@H]1OC(O)[C@@](C)(OC(C)=O)[C@@H](OC(C)=O)[C@@H]1C. The van der Waals surface area contributed by atoms with Crippen molar-refractivity contribution in [3.05, 3.63) is 0 Å². The molecule has 110 valence electrons. The topological polar surface area (TPSA) is 82.1 Å². The summed E-state index contributed by atoms with van der Waals surface area (Å²) in [5, 5.41) is 10.1. The van der Waals surface area contributed by atoms with Gasteiger partial charge in [-0.2, -0.15) is 0 Å². The van der Waals surface area contributed by atoms with Crippen LogP contribution in [0.15, 0.2) is 0 Å². The molecule has 0 aromatic carbocycles. The van der Waals surface area contributed by atoms with E-state index in [0.29, 0.717) is 6.42 Å². The molecule has 1 aliphatic heterocycles. The fourth-order valence-electron chi connectivity index (χ4n) is 2.57. The van der Waals surface area contributed by atoms with Gasteiger partial charge in [-0.3, -0.25) is 9.59 Å². The zero-order valence-electron chi connectivity index (χ0n) is 12.0. The Labute approximate surface area is 113 Å². The van der Waals surface area contributed by atoms with Crippen molar-refractivity contribution < 1.29 is 28.9 Å². The van der Waals surface area contributed by atoms with Gasteiger partial charge in [0.1, 0.15) is 0 Å². The molecule has 0 radical (unpaired) electrons. The molecule has 0 aromatic heterocycles. The summed E-state index contributed by atoms with van der Waals surface area (Å²) in [4.78, 5) is 22.5. The summed E-state index contributed by atoms with van der Waals surface area (Å²) in [7, 11) is 0. The Morgan fingerprint density at radius 3 is 2.32 bits per heavy atom. The summed E-state index contributed by atoms with van der Waals surface area (Å²) in [6.45, 7) is 7.78. The number of hydrogen-bond donors (Lipinski definition) is 1. The maximum atomic E-state index is 11.2. The fraction of sp³-hybridized carbons (Fsp3) is 0.846. The number of aliphatic hydroxyl groups is 1. The van der Waals surface area contributed by atoms with Gasteiger partial charge in [0, 0.05) is 19.8 Å². The molecule has 1 unspecified atom stereocenters. The van der Waals surface area contributed by atoms with E-state index in [-0.39, 0.29) is 12.0 Å². The number of rotatable bonds is 3. The predicted molar refractivity (Wildman–Crippen MR) is 66.1 cm³/mol. The van der Waals surface area contributed by atoms with Crippen LogP contribution >= 0.6 is 0 Å². The monoisotopic (exact) mass is 274 g/mol. The lowest BCUT2D eigenvalue weighted by Crippen LogP contribution is -2.64. The average Bonchev–Trinajstić information content (AvgIpc) is 2.28. The molecule has 0 aromatic rings. The molecule has 19 heavy (non-hydrogen) atoms. The molecule has 6 heteroatoms. The van der Waals surface area contributed by atoms with Gasteiger partial charge in [0.05, 0.1) is 6.10 Å². The van der Waals surface area contributed by atoms with E-state index >= 15 is 0 Å². The Morgan fingerprint density at radius 1 is 1.32 bits per heavy atom. The third kappa shape index (κ3) is 3.25. The van der Waals surface area contributed by atoms with E-state index in [1.54, 1.807) is 0 Å². The highest BCUT2D eigenvalue weighted by atomic mass is 16.7. The molecule has 1 fully saturated rings. The lowest BCUT2D eigenvalue weighted by atomic mass is 9.81. The van der Waals surface area contributed by atoms with Crippen molar-refractivity contribution in [1.82, 2.24) is 0 Å². The first-order valence-electron chi connectivity index (χ1n) is 6.42. The van der Waals surface area contributed by atoms with Crippen LogP contribution in [0.5, 0.6) is 0 Å². The number of carbonyl (C=O) groups is 2. The van der Waals surface area contributed by atoms with Gasteiger partial charge in [0.15, 0.2) is 18.0 Å². The Kier molecular flexibility index (Phi) is 4.92. The van der Waals surface area contributed by atoms with Gasteiger partial charge in [0.2, 0.25) is 0 Å².